The molecule has 0 heterocycles. The molecule has 2 atom stereocenters. The Labute approximate surface area is 121 Å². The van der Waals surface area contributed by atoms with Crippen molar-refractivity contribution in [1.29, 1.82) is 0 Å². The van der Waals surface area contributed by atoms with Gasteiger partial charge in [0, 0.05) is 0 Å². The summed E-state index contributed by atoms with van der Waals surface area (Å²) < 4.78 is 0. The van der Waals surface area contributed by atoms with Crippen molar-refractivity contribution >= 4 is 0 Å². The third kappa shape index (κ3) is 7.72. The van der Waals surface area contributed by atoms with E-state index < -0.39 is 0 Å². The number of rotatable bonds is 4. The van der Waals surface area contributed by atoms with Crippen LogP contribution in [-0.2, 0) is 12.8 Å². The molecule has 0 amide bonds. The Kier molecular flexibility index (Phi) is 7.63. The van der Waals surface area contributed by atoms with Crippen LogP contribution in [0.25, 0.3) is 0 Å². The van der Waals surface area contributed by atoms with Crippen LogP contribution >= 0.6 is 0 Å². The maximum atomic E-state index is 9.01. The molecule has 1 unspecified atom stereocenters. The lowest BCUT2D eigenvalue weighted by molar-refractivity contribution is 0.195. The Balaban J connectivity index is 0.000000200. The number of benzene rings is 2. The highest BCUT2D eigenvalue weighted by Gasteiger charge is 1.96. The molecule has 2 nitrogen and oxygen atoms in total. The summed E-state index contributed by atoms with van der Waals surface area (Å²) in [6, 6.07) is 20.0. The van der Waals surface area contributed by atoms with Gasteiger partial charge < -0.3 is 10.2 Å². The van der Waals surface area contributed by atoms with Crippen LogP contribution in [0.5, 0.6) is 0 Å². The first-order valence-electron chi connectivity index (χ1n) is 7.02. The van der Waals surface area contributed by atoms with Gasteiger partial charge in [-0.25, -0.2) is 0 Å². The molecule has 0 bridgehead atoms. The van der Waals surface area contributed by atoms with Crippen LogP contribution in [0.2, 0.25) is 0 Å². The molecule has 108 valence electrons. The average Bonchev–Trinajstić information content (AvgIpc) is 2.40. The fourth-order valence-corrected chi connectivity index (χ4v) is 1.91. The molecule has 2 aromatic rings. The summed E-state index contributed by atoms with van der Waals surface area (Å²) in [7, 11) is 0. The van der Waals surface area contributed by atoms with E-state index in [0.717, 1.165) is 12.8 Å². The first-order chi connectivity index (χ1) is 9.58. The topological polar surface area (TPSA) is 40.5 Å². The molecule has 0 aliphatic heterocycles. The molecule has 0 fully saturated rings. The van der Waals surface area contributed by atoms with Gasteiger partial charge in [-0.2, -0.15) is 0 Å². The summed E-state index contributed by atoms with van der Waals surface area (Å²) in [5, 5.41) is 18.0. The second-order valence-electron chi connectivity index (χ2n) is 5.08. The molecular weight excluding hydrogens is 248 g/mol. The summed E-state index contributed by atoms with van der Waals surface area (Å²) >= 11 is 0. The van der Waals surface area contributed by atoms with Crippen molar-refractivity contribution in [3.05, 3.63) is 71.8 Å². The van der Waals surface area contributed by atoms with Crippen molar-refractivity contribution in [2.45, 2.75) is 38.9 Å². The largest absolute Gasteiger partial charge is 0.393 e. The summed E-state index contributed by atoms with van der Waals surface area (Å²) in [6.45, 7) is 3.60. The second kappa shape index (κ2) is 9.29. The van der Waals surface area contributed by atoms with Gasteiger partial charge in [-0.15, -0.1) is 0 Å². The highest BCUT2D eigenvalue weighted by molar-refractivity contribution is 5.15. The van der Waals surface area contributed by atoms with E-state index in [0.29, 0.717) is 0 Å². The van der Waals surface area contributed by atoms with Gasteiger partial charge in [-0.05, 0) is 37.8 Å². The van der Waals surface area contributed by atoms with E-state index in [-0.39, 0.29) is 12.2 Å². The fraction of sp³-hybridized carbons (Fsp3) is 0.333. The minimum atomic E-state index is -0.234. The van der Waals surface area contributed by atoms with E-state index in [4.69, 9.17) is 10.2 Å². The van der Waals surface area contributed by atoms with Crippen LogP contribution in [0.15, 0.2) is 60.7 Å². The van der Waals surface area contributed by atoms with E-state index in [2.05, 4.69) is 0 Å². The highest BCUT2D eigenvalue weighted by atomic mass is 16.3. The Bertz CT molecular complexity index is 404. The smallest absolute Gasteiger partial charge is 0.0552 e. The molecule has 0 spiro atoms. The minimum absolute atomic E-state index is 0.234. The first kappa shape index (κ1) is 16.4. The predicted molar refractivity (Wildman–Crippen MR) is 83.7 cm³/mol. The standard InChI is InChI=1S/2C9H12O/c2*1-8(10)7-9-5-3-2-4-6-9/h2*2-6,8,10H,7H2,1H3/t8-;/m0./s1. The number of aliphatic hydroxyl groups excluding tert-OH is 2. The van der Waals surface area contributed by atoms with Gasteiger partial charge in [0.25, 0.3) is 0 Å². The zero-order chi connectivity index (χ0) is 14.8. The van der Waals surface area contributed by atoms with Crippen LogP contribution in [0.1, 0.15) is 25.0 Å². The molecule has 0 radical (unpaired) electrons. The maximum absolute atomic E-state index is 9.01. The molecule has 2 rings (SSSR count). The zero-order valence-corrected chi connectivity index (χ0v) is 12.2. The van der Waals surface area contributed by atoms with Gasteiger partial charge in [0.2, 0.25) is 0 Å². The summed E-state index contributed by atoms with van der Waals surface area (Å²) in [5.41, 5.74) is 2.38. The third-order valence-electron chi connectivity index (χ3n) is 2.75. The van der Waals surface area contributed by atoms with Gasteiger partial charge in [0.1, 0.15) is 0 Å². The van der Waals surface area contributed by atoms with Gasteiger partial charge in [-0.1, -0.05) is 60.7 Å². The Hall–Kier alpha value is -1.64. The van der Waals surface area contributed by atoms with Crippen LogP contribution in [-0.4, -0.2) is 22.4 Å². The molecule has 2 aromatic carbocycles. The predicted octanol–water partition coefficient (Wildman–Crippen LogP) is 3.22. The maximum Gasteiger partial charge on any atom is 0.0552 e. The van der Waals surface area contributed by atoms with Gasteiger partial charge in [0.15, 0.2) is 0 Å². The Morgan fingerprint density at radius 2 is 0.950 bits per heavy atom. The SMILES string of the molecule is CC(O)Cc1ccccc1.C[C@H](O)Cc1ccccc1. The normalized spacial score (nSPS) is 13.0. The monoisotopic (exact) mass is 272 g/mol. The molecular formula is C18H24O2. The quantitative estimate of drug-likeness (QED) is 0.897. The summed E-state index contributed by atoms with van der Waals surface area (Å²) in [5.74, 6) is 0. The number of hydrogen-bond donors (Lipinski definition) is 2. The molecule has 0 aliphatic carbocycles. The first-order valence-corrected chi connectivity index (χ1v) is 7.02. The van der Waals surface area contributed by atoms with Crippen molar-refractivity contribution in [2.75, 3.05) is 0 Å². The van der Waals surface area contributed by atoms with Crippen LogP contribution < -0.4 is 0 Å². The lowest BCUT2D eigenvalue weighted by Crippen LogP contribution is -2.03. The zero-order valence-electron chi connectivity index (χ0n) is 12.2. The van der Waals surface area contributed by atoms with Crippen LogP contribution in [0, 0.1) is 0 Å². The second-order valence-corrected chi connectivity index (χ2v) is 5.08. The van der Waals surface area contributed by atoms with Crippen molar-refractivity contribution in [1.82, 2.24) is 0 Å². The molecule has 0 saturated heterocycles. The number of aliphatic hydroxyl groups is 2. The minimum Gasteiger partial charge on any atom is -0.393 e. The third-order valence-corrected chi connectivity index (χ3v) is 2.75. The molecule has 2 heteroatoms. The molecule has 0 saturated carbocycles. The Morgan fingerprint density at radius 3 is 1.20 bits per heavy atom. The molecule has 2 N–H and O–H groups in total. The average molecular weight is 272 g/mol. The lowest BCUT2D eigenvalue weighted by atomic mass is 10.1. The molecule has 0 aromatic heterocycles. The van der Waals surface area contributed by atoms with E-state index in [1.165, 1.54) is 11.1 Å². The van der Waals surface area contributed by atoms with Crippen LogP contribution in [0.4, 0.5) is 0 Å². The van der Waals surface area contributed by atoms with Crippen molar-refractivity contribution in [3.8, 4) is 0 Å². The lowest BCUT2D eigenvalue weighted by Gasteiger charge is -2.02. The van der Waals surface area contributed by atoms with Crippen molar-refractivity contribution < 1.29 is 10.2 Å². The van der Waals surface area contributed by atoms with Gasteiger partial charge in [-0.3, -0.25) is 0 Å². The molecule has 0 aliphatic rings. The van der Waals surface area contributed by atoms with E-state index >= 15 is 0 Å². The van der Waals surface area contributed by atoms with E-state index in [1.54, 1.807) is 13.8 Å². The Morgan fingerprint density at radius 1 is 0.650 bits per heavy atom. The van der Waals surface area contributed by atoms with Crippen LogP contribution in [0.3, 0.4) is 0 Å². The van der Waals surface area contributed by atoms with E-state index in [9.17, 15) is 0 Å². The van der Waals surface area contributed by atoms with Crippen molar-refractivity contribution in [2.24, 2.45) is 0 Å². The van der Waals surface area contributed by atoms with Crippen molar-refractivity contribution in [3.63, 3.8) is 0 Å². The summed E-state index contributed by atoms with van der Waals surface area (Å²) in [4.78, 5) is 0. The fourth-order valence-electron chi connectivity index (χ4n) is 1.91. The number of hydrogen-bond acceptors (Lipinski definition) is 2. The highest BCUT2D eigenvalue weighted by Crippen LogP contribution is 2.02. The summed E-state index contributed by atoms with van der Waals surface area (Å²) in [6.07, 6.45) is 1.03. The molecule has 20 heavy (non-hydrogen) atoms. The van der Waals surface area contributed by atoms with Gasteiger partial charge >= 0.3 is 0 Å². The van der Waals surface area contributed by atoms with Gasteiger partial charge in [0.05, 0.1) is 12.2 Å². The van der Waals surface area contributed by atoms with E-state index in [1.807, 2.05) is 60.7 Å².